The van der Waals surface area contributed by atoms with Crippen molar-refractivity contribution in [2.45, 2.75) is 25.8 Å². The lowest BCUT2D eigenvalue weighted by molar-refractivity contribution is -0.139. The molecule has 1 unspecified atom stereocenters. The van der Waals surface area contributed by atoms with Gasteiger partial charge in [0.15, 0.2) is 0 Å². The Hall–Kier alpha value is -3.11. The van der Waals surface area contributed by atoms with Crippen LogP contribution in [-0.2, 0) is 16.0 Å². The molecule has 2 aromatic carbocycles. The fraction of sp³-hybridized carbons (Fsp3) is 0.286. The highest BCUT2D eigenvalue weighted by molar-refractivity contribution is 7.08. The highest BCUT2D eigenvalue weighted by atomic mass is 32.1. The number of nitrogens with zero attached hydrogens (tertiary/aromatic N) is 1. The Kier molecular flexibility index (Phi) is 7.46. The van der Waals surface area contributed by atoms with E-state index < -0.39 is 0 Å². The van der Waals surface area contributed by atoms with Gasteiger partial charge in [-0.05, 0) is 85.6 Å². The van der Waals surface area contributed by atoms with Crippen LogP contribution in [0.5, 0.6) is 5.75 Å². The summed E-state index contributed by atoms with van der Waals surface area (Å²) in [5.41, 5.74) is 9.31. The lowest BCUT2D eigenvalue weighted by atomic mass is 9.84. The van der Waals surface area contributed by atoms with E-state index in [1.165, 1.54) is 5.56 Å². The van der Waals surface area contributed by atoms with E-state index in [-0.39, 0.29) is 12.0 Å². The number of fused-ring (bicyclic) bond motifs is 1. The SMILES string of the molecule is CCOC(=O)C1=C=C(c2ccsc2)c2ccc(OCCCc3ccccc3)cc2C1N(C)C. The van der Waals surface area contributed by atoms with Crippen LogP contribution in [0.3, 0.4) is 0 Å². The van der Waals surface area contributed by atoms with Gasteiger partial charge in [0.1, 0.15) is 11.3 Å². The molecule has 0 saturated heterocycles. The molecule has 33 heavy (non-hydrogen) atoms. The zero-order valence-corrected chi connectivity index (χ0v) is 20.2. The molecular formula is C28H29NO3S. The van der Waals surface area contributed by atoms with Crippen molar-refractivity contribution in [1.82, 2.24) is 4.90 Å². The summed E-state index contributed by atoms with van der Waals surface area (Å²) in [6.07, 6.45) is 1.92. The maximum Gasteiger partial charge on any atom is 0.343 e. The fourth-order valence-electron chi connectivity index (χ4n) is 4.16. The summed E-state index contributed by atoms with van der Waals surface area (Å²) in [7, 11) is 3.94. The molecule has 1 aliphatic carbocycles. The van der Waals surface area contributed by atoms with Crippen molar-refractivity contribution in [2.75, 3.05) is 27.3 Å². The Morgan fingerprint density at radius 2 is 1.94 bits per heavy atom. The van der Waals surface area contributed by atoms with Gasteiger partial charge in [-0.25, -0.2) is 4.79 Å². The fourth-order valence-corrected chi connectivity index (χ4v) is 4.81. The maximum absolute atomic E-state index is 12.9. The van der Waals surface area contributed by atoms with Crippen LogP contribution in [0.4, 0.5) is 0 Å². The third-order valence-electron chi connectivity index (χ3n) is 5.66. The molecule has 0 fully saturated rings. The second kappa shape index (κ2) is 10.7. The molecule has 0 amide bonds. The van der Waals surface area contributed by atoms with Gasteiger partial charge in [-0.2, -0.15) is 11.3 Å². The van der Waals surface area contributed by atoms with E-state index in [0.717, 1.165) is 40.9 Å². The zero-order valence-electron chi connectivity index (χ0n) is 19.3. The molecule has 0 N–H and O–H groups in total. The number of aryl methyl sites for hydroxylation is 1. The van der Waals surface area contributed by atoms with Gasteiger partial charge in [-0.15, -0.1) is 0 Å². The summed E-state index contributed by atoms with van der Waals surface area (Å²) in [6, 6.07) is 18.4. The van der Waals surface area contributed by atoms with Gasteiger partial charge in [0.2, 0.25) is 0 Å². The van der Waals surface area contributed by atoms with E-state index in [9.17, 15) is 4.79 Å². The van der Waals surface area contributed by atoms with Crippen molar-refractivity contribution in [1.29, 1.82) is 0 Å². The van der Waals surface area contributed by atoms with Crippen LogP contribution in [0.25, 0.3) is 5.57 Å². The highest BCUT2D eigenvalue weighted by Gasteiger charge is 2.32. The van der Waals surface area contributed by atoms with Crippen LogP contribution in [0.15, 0.2) is 76.7 Å². The molecule has 4 rings (SSSR count). The van der Waals surface area contributed by atoms with Gasteiger partial charge < -0.3 is 9.47 Å². The molecule has 4 nitrogen and oxygen atoms in total. The summed E-state index contributed by atoms with van der Waals surface area (Å²) in [5, 5.41) is 4.12. The number of esters is 1. The van der Waals surface area contributed by atoms with Crippen LogP contribution < -0.4 is 4.74 Å². The molecule has 170 valence electrons. The van der Waals surface area contributed by atoms with Crippen molar-refractivity contribution >= 4 is 22.9 Å². The molecule has 0 spiro atoms. The lowest BCUT2D eigenvalue weighted by Gasteiger charge is -2.30. The number of thiophene rings is 1. The van der Waals surface area contributed by atoms with E-state index in [0.29, 0.717) is 18.8 Å². The topological polar surface area (TPSA) is 38.8 Å². The van der Waals surface area contributed by atoms with Crippen molar-refractivity contribution in [2.24, 2.45) is 0 Å². The first-order valence-corrected chi connectivity index (χ1v) is 12.2. The number of ether oxygens (including phenoxy) is 2. The molecule has 3 aromatic rings. The van der Waals surface area contributed by atoms with Gasteiger partial charge in [0, 0.05) is 11.1 Å². The Morgan fingerprint density at radius 1 is 1.12 bits per heavy atom. The predicted octanol–water partition coefficient (Wildman–Crippen LogP) is 5.90. The Bertz CT molecular complexity index is 1160. The molecule has 1 aromatic heterocycles. The number of likely N-dealkylation sites (N-methyl/N-ethyl adjacent to an activating group) is 1. The molecule has 5 heteroatoms. The van der Waals surface area contributed by atoms with Crippen molar-refractivity contribution in [3.05, 3.63) is 98.9 Å². The maximum atomic E-state index is 12.9. The summed E-state index contributed by atoms with van der Waals surface area (Å²) >= 11 is 1.63. The largest absolute Gasteiger partial charge is 0.494 e. The Morgan fingerprint density at radius 3 is 2.64 bits per heavy atom. The number of carbonyl (C=O) groups excluding carboxylic acids is 1. The Balaban J connectivity index is 1.63. The lowest BCUT2D eigenvalue weighted by Crippen LogP contribution is -2.28. The van der Waals surface area contributed by atoms with Crippen LogP contribution >= 0.6 is 11.3 Å². The number of hydrogen-bond acceptors (Lipinski definition) is 5. The van der Waals surface area contributed by atoms with Gasteiger partial charge in [-0.3, -0.25) is 4.90 Å². The summed E-state index contributed by atoms with van der Waals surface area (Å²) in [6.45, 7) is 2.79. The number of hydrogen-bond donors (Lipinski definition) is 0. The third-order valence-corrected chi connectivity index (χ3v) is 6.35. The standard InChI is InChI=1S/C28H29NO3S/c1-4-31-28(30)26-18-24(21-14-16-33-19-21)23-13-12-22(17-25(23)27(26)29(2)3)32-15-8-11-20-9-6-5-7-10-20/h5-7,9-10,12-14,16-17,19,27H,4,8,11,15H2,1-3H3. The number of rotatable bonds is 9. The first-order valence-electron chi connectivity index (χ1n) is 11.3. The second-order valence-corrected chi connectivity index (χ2v) is 8.98. The third kappa shape index (κ3) is 5.28. The molecule has 0 saturated carbocycles. The van der Waals surface area contributed by atoms with Crippen LogP contribution in [0.1, 0.15) is 41.6 Å². The van der Waals surface area contributed by atoms with Crippen molar-refractivity contribution in [3.63, 3.8) is 0 Å². The molecule has 1 atom stereocenters. The molecule has 0 radical (unpaired) electrons. The normalized spacial score (nSPS) is 15.0. The second-order valence-electron chi connectivity index (χ2n) is 8.20. The van der Waals surface area contributed by atoms with Crippen LogP contribution in [-0.4, -0.2) is 38.2 Å². The minimum Gasteiger partial charge on any atom is -0.494 e. The quantitative estimate of drug-likeness (QED) is 0.227. The van der Waals surface area contributed by atoms with Crippen LogP contribution in [0, 0.1) is 0 Å². The molecule has 0 aliphatic heterocycles. The van der Waals surface area contributed by atoms with Crippen molar-refractivity contribution < 1.29 is 14.3 Å². The Labute approximate surface area is 199 Å². The summed E-state index contributed by atoms with van der Waals surface area (Å²) in [4.78, 5) is 14.9. The molecule has 1 aliphatic rings. The smallest absolute Gasteiger partial charge is 0.343 e. The van der Waals surface area contributed by atoms with Gasteiger partial charge in [0.25, 0.3) is 0 Å². The first kappa shape index (κ1) is 23.1. The first-order chi connectivity index (χ1) is 16.1. The molecular weight excluding hydrogens is 430 g/mol. The number of benzene rings is 2. The number of carbonyl (C=O) groups is 1. The van der Waals surface area contributed by atoms with Crippen molar-refractivity contribution in [3.8, 4) is 5.75 Å². The van der Waals surface area contributed by atoms with E-state index in [2.05, 4.69) is 53.6 Å². The average Bonchev–Trinajstić information content (AvgIpc) is 3.36. The van der Waals surface area contributed by atoms with E-state index >= 15 is 0 Å². The van der Waals surface area contributed by atoms with E-state index in [1.807, 2.05) is 43.4 Å². The predicted molar refractivity (Wildman–Crippen MR) is 134 cm³/mol. The van der Waals surface area contributed by atoms with Gasteiger partial charge >= 0.3 is 5.97 Å². The van der Waals surface area contributed by atoms with E-state index in [4.69, 9.17) is 9.47 Å². The minimum atomic E-state index is -0.330. The monoisotopic (exact) mass is 459 g/mol. The van der Waals surface area contributed by atoms with Crippen LogP contribution in [0.2, 0.25) is 0 Å². The van der Waals surface area contributed by atoms with E-state index in [1.54, 1.807) is 11.3 Å². The minimum absolute atomic E-state index is 0.255. The zero-order chi connectivity index (χ0) is 23.2. The average molecular weight is 460 g/mol. The summed E-state index contributed by atoms with van der Waals surface area (Å²) in [5.74, 6) is 0.479. The molecule has 1 heterocycles. The van der Waals surface area contributed by atoms with Gasteiger partial charge in [0.05, 0.1) is 19.3 Å². The molecule has 0 bridgehead atoms. The van der Waals surface area contributed by atoms with Gasteiger partial charge in [-0.1, -0.05) is 36.1 Å². The summed E-state index contributed by atoms with van der Waals surface area (Å²) < 4.78 is 11.5. The highest BCUT2D eigenvalue weighted by Crippen LogP contribution is 2.41.